The Hall–Kier alpha value is -8.26. The zero-order valence-corrected chi connectivity index (χ0v) is 35.3. The summed E-state index contributed by atoms with van der Waals surface area (Å²) in [4.78, 5) is 2.47. The molecule has 0 spiro atoms. The molecule has 1 heteroatoms. The van der Waals surface area contributed by atoms with E-state index in [1.165, 1.54) is 88.3 Å². The van der Waals surface area contributed by atoms with Crippen molar-refractivity contribution in [1.29, 1.82) is 0 Å². The van der Waals surface area contributed by atoms with E-state index in [1.807, 2.05) is 0 Å². The average Bonchev–Trinajstić information content (AvgIpc) is 3.69. The monoisotopic (exact) mass is 813 g/mol. The first kappa shape index (κ1) is 37.5. The number of benzene rings is 11. The third-order valence-corrected chi connectivity index (χ3v) is 13.4. The molecule has 0 aliphatic heterocycles. The van der Waals surface area contributed by atoms with Gasteiger partial charge in [-0.05, 0) is 113 Å². The van der Waals surface area contributed by atoms with E-state index in [0.29, 0.717) is 0 Å². The zero-order valence-electron chi connectivity index (χ0n) is 35.3. The summed E-state index contributed by atoms with van der Waals surface area (Å²) in [6, 6.07) is 95.9. The molecule has 300 valence electrons. The first-order valence-corrected chi connectivity index (χ1v) is 22.2. The number of fused-ring (bicyclic) bond motifs is 5. The molecular formula is C63H43N. The van der Waals surface area contributed by atoms with Crippen LogP contribution in [0.2, 0.25) is 0 Å². The van der Waals surface area contributed by atoms with Crippen LogP contribution in [-0.4, -0.2) is 0 Å². The standard InChI is InChI=1S/C63H43N/c1-3-16-44(17-4-1)45-32-38-51(39-33-45)63(50-22-5-2-6-23-50)59-29-12-11-26-58(59)62-60(63)30-15-31-61(62)64(52-40-34-48(35-41-52)56-27-13-20-46-18-7-9-24-54(46)56)53-42-36-49(37-43-53)57-28-14-21-47-19-8-10-25-55(47)57/h1-43H. The van der Waals surface area contributed by atoms with Crippen molar-refractivity contribution in [2.24, 2.45) is 0 Å². The number of rotatable bonds is 8. The highest BCUT2D eigenvalue weighted by Gasteiger charge is 2.47. The quantitative estimate of drug-likeness (QED) is 0.148. The Morgan fingerprint density at radius 2 is 0.688 bits per heavy atom. The first-order valence-electron chi connectivity index (χ1n) is 22.2. The Balaban J connectivity index is 1.07. The first-order chi connectivity index (χ1) is 31.8. The summed E-state index contributed by atoms with van der Waals surface area (Å²) in [5, 5.41) is 4.99. The Labute approximate surface area is 374 Å². The van der Waals surface area contributed by atoms with E-state index in [1.54, 1.807) is 0 Å². The fourth-order valence-electron chi connectivity index (χ4n) is 10.5. The summed E-state index contributed by atoms with van der Waals surface area (Å²) in [6.07, 6.45) is 0. The molecule has 1 aliphatic rings. The third-order valence-electron chi connectivity index (χ3n) is 13.4. The van der Waals surface area contributed by atoms with Crippen molar-refractivity contribution in [3.8, 4) is 44.5 Å². The maximum absolute atomic E-state index is 2.47. The molecule has 0 heterocycles. The van der Waals surface area contributed by atoms with Gasteiger partial charge in [-0.2, -0.15) is 0 Å². The molecule has 0 fully saturated rings. The van der Waals surface area contributed by atoms with Crippen LogP contribution in [0, 0.1) is 0 Å². The van der Waals surface area contributed by atoms with Crippen LogP contribution in [0.25, 0.3) is 66.1 Å². The molecular weight excluding hydrogens is 771 g/mol. The van der Waals surface area contributed by atoms with Crippen molar-refractivity contribution in [2.45, 2.75) is 5.41 Å². The van der Waals surface area contributed by atoms with Crippen molar-refractivity contribution < 1.29 is 0 Å². The molecule has 0 bridgehead atoms. The molecule has 0 radical (unpaired) electrons. The molecule has 1 aliphatic carbocycles. The van der Waals surface area contributed by atoms with Gasteiger partial charge in [-0.1, -0.05) is 231 Å². The number of hydrogen-bond acceptors (Lipinski definition) is 1. The molecule has 11 aromatic rings. The summed E-state index contributed by atoms with van der Waals surface area (Å²) in [6.45, 7) is 0. The average molecular weight is 814 g/mol. The molecule has 64 heavy (non-hydrogen) atoms. The normalized spacial score (nSPS) is 14.0. The lowest BCUT2D eigenvalue weighted by molar-refractivity contribution is 0.768. The van der Waals surface area contributed by atoms with Crippen LogP contribution in [0.3, 0.4) is 0 Å². The van der Waals surface area contributed by atoms with Crippen molar-refractivity contribution in [3.63, 3.8) is 0 Å². The van der Waals surface area contributed by atoms with Crippen LogP contribution < -0.4 is 4.90 Å². The lowest BCUT2D eigenvalue weighted by Gasteiger charge is -2.34. The van der Waals surface area contributed by atoms with Crippen LogP contribution in [0.4, 0.5) is 17.1 Å². The van der Waals surface area contributed by atoms with Gasteiger partial charge in [0.25, 0.3) is 0 Å². The van der Waals surface area contributed by atoms with Gasteiger partial charge in [-0.3, -0.25) is 0 Å². The Morgan fingerprint density at radius 1 is 0.266 bits per heavy atom. The number of anilines is 3. The second kappa shape index (κ2) is 15.6. The van der Waals surface area contributed by atoms with Gasteiger partial charge in [-0.25, -0.2) is 0 Å². The van der Waals surface area contributed by atoms with Gasteiger partial charge in [0.2, 0.25) is 0 Å². The van der Waals surface area contributed by atoms with Gasteiger partial charge in [-0.15, -0.1) is 0 Å². The number of nitrogens with zero attached hydrogens (tertiary/aromatic N) is 1. The molecule has 0 saturated heterocycles. The predicted octanol–water partition coefficient (Wildman–Crippen LogP) is 16.8. The number of hydrogen-bond donors (Lipinski definition) is 0. The third kappa shape index (κ3) is 6.08. The maximum Gasteiger partial charge on any atom is 0.0714 e. The van der Waals surface area contributed by atoms with Crippen molar-refractivity contribution in [2.75, 3.05) is 4.90 Å². The zero-order chi connectivity index (χ0) is 42.5. The van der Waals surface area contributed by atoms with E-state index in [4.69, 9.17) is 0 Å². The Kier molecular flexibility index (Phi) is 9.13. The van der Waals surface area contributed by atoms with Crippen molar-refractivity contribution >= 4 is 38.6 Å². The van der Waals surface area contributed by atoms with Gasteiger partial charge in [0, 0.05) is 16.9 Å². The summed E-state index contributed by atoms with van der Waals surface area (Å²) >= 11 is 0. The summed E-state index contributed by atoms with van der Waals surface area (Å²) in [7, 11) is 0. The fraction of sp³-hybridized carbons (Fsp3) is 0.0159. The Morgan fingerprint density at radius 3 is 1.30 bits per heavy atom. The summed E-state index contributed by atoms with van der Waals surface area (Å²) in [5.41, 5.74) is 17.6. The summed E-state index contributed by atoms with van der Waals surface area (Å²) < 4.78 is 0. The van der Waals surface area contributed by atoms with Gasteiger partial charge in [0.05, 0.1) is 11.1 Å². The van der Waals surface area contributed by atoms with E-state index in [2.05, 4.69) is 266 Å². The molecule has 12 rings (SSSR count). The largest absolute Gasteiger partial charge is 0.310 e. The van der Waals surface area contributed by atoms with E-state index in [-0.39, 0.29) is 0 Å². The van der Waals surface area contributed by atoms with E-state index in [9.17, 15) is 0 Å². The topological polar surface area (TPSA) is 3.24 Å². The fourth-order valence-corrected chi connectivity index (χ4v) is 10.5. The second-order valence-corrected chi connectivity index (χ2v) is 16.8. The molecule has 1 atom stereocenters. The molecule has 11 aromatic carbocycles. The van der Waals surface area contributed by atoms with E-state index < -0.39 is 5.41 Å². The Bertz CT molecular complexity index is 3330. The minimum absolute atomic E-state index is 0.555. The summed E-state index contributed by atoms with van der Waals surface area (Å²) in [5.74, 6) is 0. The van der Waals surface area contributed by atoms with Crippen molar-refractivity contribution in [1.82, 2.24) is 0 Å². The van der Waals surface area contributed by atoms with Crippen LogP contribution >= 0.6 is 0 Å². The van der Waals surface area contributed by atoms with Crippen LogP contribution in [0.1, 0.15) is 22.3 Å². The smallest absolute Gasteiger partial charge is 0.0714 e. The predicted molar refractivity (Wildman–Crippen MR) is 270 cm³/mol. The van der Waals surface area contributed by atoms with Crippen LogP contribution in [-0.2, 0) is 5.41 Å². The lowest BCUT2D eigenvalue weighted by Crippen LogP contribution is -2.28. The highest BCUT2D eigenvalue weighted by Crippen LogP contribution is 2.59. The van der Waals surface area contributed by atoms with Gasteiger partial charge in [0.1, 0.15) is 0 Å². The van der Waals surface area contributed by atoms with E-state index in [0.717, 1.165) is 17.1 Å². The minimum Gasteiger partial charge on any atom is -0.310 e. The van der Waals surface area contributed by atoms with Crippen LogP contribution in [0.5, 0.6) is 0 Å². The van der Waals surface area contributed by atoms with Gasteiger partial charge in [0.15, 0.2) is 0 Å². The minimum atomic E-state index is -0.555. The lowest BCUT2D eigenvalue weighted by atomic mass is 9.67. The second-order valence-electron chi connectivity index (χ2n) is 16.8. The molecule has 0 saturated carbocycles. The van der Waals surface area contributed by atoms with Gasteiger partial charge >= 0.3 is 0 Å². The van der Waals surface area contributed by atoms with Gasteiger partial charge < -0.3 is 4.90 Å². The highest BCUT2D eigenvalue weighted by molar-refractivity contribution is 6.00. The molecule has 0 aromatic heterocycles. The molecule has 1 unspecified atom stereocenters. The SMILES string of the molecule is c1ccc(-c2ccc(C3(c4ccccc4)c4ccccc4-c4c(N(c5ccc(-c6cccc7ccccc67)cc5)c5ccc(-c6cccc7ccccc67)cc5)cccc43)cc2)cc1. The maximum atomic E-state index is 2.47. The van der Waals surface area contributed by atoms with Crippen molar-refractivity contribution in [3.05, 3.63) is 283 Å². The highest BCUT2D eigenvalue weighted by atomic mass is 15.1. The molecule has 1 nitrogen and oxygen atoms in total. The molecule has 0 amide bonds. The van der Waals surface area contributed by atoms with Crippen LogP contribution in [0.15, 0.2) is 261 Å². The molecule has 0 N–H and O–H groups in total. The van der Waals surface area contributed by atoms with E-state index >= 15 is 0 Å².